The number of amides is 5. The van der Waals surface area contributed by atoms with Crippen molar-refractivity contribution in [1.82, 2.24) is 15.1 Å². The zero-order valence-corrected chi connectivity index (χ0v) is 23.3. The number of hydrogen-bond acceptors (Lipinski definition) is 6. The van der Waals surface area contributed by atoms with Crippen LogP contribution < -0.4 is 10.6 Å². The summed E-state index contributed by atoms with van der Waals surface area (Å²) in [5, 5.41) is 13.6. The largest absolute Gasteiger partial charge is 0.465 e. The second kappa shape index (κ2) is 11.2. The maximum atomic E-state index is 13.7. The van der Waals surface area contributed by atoms with E-state index in [1.165, 1.54) is 44.2 Å². The minimum Gasteiger partial charge on any atom is -0.465 e. The molecular weight excluding hydrogens is 580 g/mol. The van der Waals surface area contributed by atoms with Crippen LogP contribution in [0.3, 0.4) is 0 Å². The highest BCUT2D eigenvalue weighted by atomic mass is 19.4. The van der Waals surface area contributed by atoms with Gasteiger partial charge in [0, 0.05) is 24.2 Å². The van der Waals surface area contributed by atoms with Gasteiger partial charge in [0.05, 0.1) is 0 Å². The third kappa shape index (κ3) is 6.24. The highest BCUT2D eigenvalue weighted by Crippen LogP contribution is 2.46. The Balaban J connectivity index is 1.53. The third-order valence-electron chi connectivity index (χ3n) is 7.43. The van der Waals surface area contributed by atoms with Crippen LogP contribution in [0.2, 0.25) is 0 Å². The molecule has 1 spiro atoms. The summed E-state index contributed by atoms with van der Waals surface area (Å²) < 4.78 is 59.7. The predicted octanol–water partition coefficient (Wildman–Crippen LogP) is 3.91. The lowest BCUT2D eigenvalue weighted by Gasteiger charge is -2.31. The SMILES string of the molecule is C[C@H](N(Cc1ccc(F)cc1)C(=O)CN1C(=O)OC2(CCc3cc(NC(=O)C(C)(C)NC(=O)O)ccc32)C1=O)C(F)(F)F. The van der Waals surface area contributed by atoms with Gasteiger partial charge in [-0.2, -0.15) is 13.2 Å². The van der Waals surface area contributed by atoms with Gasteiger partial charge in [-0.25, -0.2) is 18.9 Å². The highest BCUT2D eigenvalue weighted by molar-refractivity contribution is 6.06. The van der Waals surface area contributed by atoms with Crippen LogP contribution in [0.4, 0.5) is 32.8 Å². The zero-order valence-electron chi connectivity index (χ0n) is 23.3. The van der Waals surface area contributed by atoms with E-state index in [0.29, 0.717) is 15.4 Å². The number of nitrogens with zero attached hydrogens (tertiary/aromatic N) is 2. The van der Waals surface area contributed by atoms with Crippen LogP contribution >= 0.6 is 0 Å². The van der Waals surface area contributed by atoms with Crippen molar-refractivity contribution < 1.29 is 51.4 Å². The van der Waals surface area contributed by atoms with Gasteiger partial charge in [-0.3, -0.25) is 14.4 Å². The lowest BCUT2D eigenvalue weighted by atomic mass is 9.94. The number of rotatable bonds is 8. The molecule has 3 N–H and O–H groups in total. The van der Waals surface area contributed by atoms with Crippen molar-refractivity contribution in [2.24, 2.45) is 0 Å². The van der Waals surface area contributed by atoms with Crippen LogP contribution in [0.5, 0.6) is 0 Å². The van der Waals surface area contributed by atoms with Gasteiger partial charge in [-0.1, -0.05) is 18.2 Å². The number of fused-ring (bicyclic) bond motifs is 2. The average Bonchev–Trinajstić information content (AvgIpc) is 3.38. The summed E-state index contributed by atoms with van der Waals surface area (Å²) in [6.45, 7) is 1.91. The fourth-order valence-corrected chi connectivity index (χ4v) is 4.97. The highest BCUT2D eigenvalue weighted by Gasteiger charge is 2.58. The first-order valence-corrected chi connectivity index (χ1v) is 13.1. The Morgan fingerprint density at radius 3 is 2.37 bits per heavy atom. The van der Waals surface area contributed by atoms with Crippen molar-refractivity contribution in [2.75, 3.05) is 11.9 Å². The maximum Gasteiger partial charge on any atom is 0.418 e. The molecule has 230 valence electrons. The Morgan fingerprint density at radius 1 is 1.12 bits per heavy atom. The predicted molar refractivity (Wildman–Crippen MR) is 141 cm³/mol. The molecule has 2 atom stereocenters. The summed E-state index contributed by atoms with van der Waals surface area (Å²) in [7, 11) is 0. The van der Waals surface area contributed by atoms with E-state index in [-0.39, 0.29) is 29.7 Å². The molecule has 0 aromatic heterocycles. The number of hydrogen-bond donors (Lipinski definition) is 3. The molecule has 2 aromatic rings. The molecule has 1 aliphatic heterocycles. The lowest BCUT2D eigenvalue weighted by molar-refractivity contribution is -0.187. The Hall–Kier alpha value is -4.69. The van der Waals surface area contributed by atoms with E-state index in [1.54, 1.807) is 0 Å². The van der Waals surface area contributed by atoms with E-state index in [4.69, 9.17) is 9.84 Å². The number of aryl methyl sites for hydroxylation is 1. The van der Waals surface area contributed by atoms with E-state index in [0.717, 1.165) is 19.1 Å². The van der Waals surface area contributed by atoms with Crippen molar-refractivity contribution in [2.45, 2.75) is 63.5 Å². The van der Waals surface area contributed by atoms with Crippen molar-refractivity contribution in [3.05, 3.63) is 65.0 Å². The van der Waals surface area contributed by atoms with E-state index < -0.39 is 72.2 Å². The van der Waals surface area contributed by atoms with Crippen LogP contribution in [0.1, 0.15) is 43.9 Å². The van der Waals surface area contributed by atoms with Crippen molar-refractivity contribution in [3.63, 3.8) is 0 Å². The summed E-state index contributed by atoms with van der Waals surface area (Å²) in [5.74, 6) is -3.37. The first-order valence-electron chi connectivity index (χ1n) is 13.1. The van der Waals surface area contributed by atoms with E-state index in [9.17, 15) is 41.5 Å². The molecule has 1 heterocycles. The monoisotopic (exact) mass is 608 g/mol. The molecule has 1 fully saturated rings. The van der Waals surface area contributed by atoms with E-state index in [1.807, 2.05) is 0 Å². The lowest BCUT2D eigenvalue weighted by Crippen LogP contribution is -2.51. The molecule has 4 rings (SSSR count). The number of carbonyl (C=O) groups excluding carboxylic acids is 4. The van der Waals surface area contributed by atoms with Crippen molar-refractivity contribution in [1.29, 1.82) is 0 Å². The Kier molecular flexibility index (Phi) is 8.13. The fourth-order valence-electron chi connectivity index (χ4n) is 4.97. The van der Waals surface area contributed by atoms with Gasteiger partial charge in [0.15, 0.2) is 0 Å². The van der Waals surface area contributed by atoms with Gasteiger partial charge in [0.2, 0.25) is 17.4 Å². The molecule has 11 nitrogen and oxygen atoms in total. The molecule has 43 heavy (non-hydrogen) atoms. The van der Waals surface area contributed by atoms with Gasteiger partial charge < -0.3 is 25.4 Å². The molecule has 0 bridgehead atoms. The van der Waals surface area contributed by atoms with Gasteiger partial charge in [0.25, 0.3) is 5.91 Å². The van der Waals surface area contributed by atoms with Gasteiger partial charge >= 0.3 is 18.4 Å². The second-order valence-corrected chi connectivity index (χ2v) is 10.8. The normalized spacial score (nSPS) is 18.7. The van der Waals surface area contributed by atoms with Crippen LogP contribution in [0.15, 0.2) is 42.5 Å². The standard InChI is InChI=1S/C28H28F4N4O7/c1-15(28(30,31)32)35(13-16-4-6-18(29)7-5-16)21(37)14-36-23(39)27(43-25(36)42)11-10-17-12-19(8-9-20(17)27)33-22(38)26(2,3)34-24(40)41/h4-9,12,15,34H,10-11,13-14H2,1-3H3,(H,33,38)(H,40,41)/t15-,27?/m0/s1. The molecule has 5 amide bonds. The minimum atomic E-state index is -4.83. The maximum absolute atomic E-state index is 13.7. The Bertz CT molecular complexity index is 1480. The van der Waals surface area contributed by atoms with E-state index in [2.05, 4.69) is 10.6 Å². The van der Waals surface area contributed by atoms with Crippen LogP contribution in [-0.2, 0) is 37.7 Å². The molecule has 0 saturated carbocycles. The Morgan fingerprint density at radius 2 is 1.77 bits per heavy atom. The van der Waals surface area contributed by atoms with Gasteiger partial charge in [-0.05, 0) is 62.6 Å². The molecule has 2 aliphatic rings. The number of carbonyl (C=O) groups is 5. The van der Waals surface area contributed by atoms with Crippen LogP contribution in [-0.4, -0.2) is 69.1 Å². The molecule has 15 heteroatoms. The number of alkyl halides is 3. The summed E-state index contributed by atoms with van der Waals surface area (Å²) >= 11 is 0. The van der Waals surface area contributed by atoms with Crippen LogP contribution in [0.25, 0.3) is 0 Å². The Labute approximate surface area is 242 Å². The van der Waals surface area contributed by atoms with E-state index >= 15 is 0 Å². The minimum absolute atomic E-state index is 0.0146. The second-order valence-electron chi connectivity index (χ2n) is 10.8. The van der Waals surface area contributed by atoms with Crippen LogP contribution in [0, 0.1) is 5.82 Å². The summed E-state index contributed by atoms with van der Waals surface area (Å²) in [5.41, 5.74) is -1.98. The number of ether oxygens (including phenoxy) is 1. The molecule has 1 saturated heterocycles. The topological polar surface area (TPSA) is 145 Å². The van der Waals surface area contributed by atoms with Gasteiger partial charge in [0.1, 0.15) is 23.9 Å². The third-order valence-corrected chi connectivity index (χ3v) is 7.43. The van der Waals surface area contributed by atoms with Crippen molar-refractivity contribution >= 4 is 35.6 Å². The number of anilines is 1. The first-order chi connectivity index (χ1) is 19.9. The molecular formula is C28H28F4N4O7. The number of halogens is 4. The number of imide groups is 1. The number of benzene rings is 2. The molecule has 2 aromatic carbocycles. The number of nitrogens with one attached hydrogen (secondary N) is 2. The summed E-state index contributed by atoms with van der Waals surface area (Å²) in [6.07, 6.45) is -7.22. The average molecular weight is 609 g/mol. The smallest absolute Gasteiger partial charge is 0.418 e. The first kappa shape index (κ1) is 31.3. The zero-order chi connectivity index (χ0) is 31.9. The number of carboxylic acid groups (broad SMARTS) is 1. The fraction of sp³-hybridized carbons (Fsp3) is 0.393. The summed E-state index contributed by atoms with van der Waals surface area (Å²) in [4.78, 5) is 64.0. The molecule has 1 aliphatic carbocycles. The molecule has 0 radical (unpaired) electrons. The van der Waals surface area contributed by atoms with Gasteiger partial charge in [-0.15, -0.1) is 0 Å². The van der Waals surface area contributed by atoms with Crippen molar-refractivity contribution in [3.8, 4) is 0 Å². The quantitative estimate of drug-likeness (QED) is 0.386. The summed E-state index contributed by atoms with van der Waals surface area (Å²) in [6, 6.07) is 6.61. The molecule has 1 unspecified atom stereocenters.